The zero-order valence-electron chi connectivity index (χ0n) is 19.0. The molecule has 2 amide bonds. The molecule has 2 aliphatic rings. The first kappa shape index (κ1) is 24.8. The zero-order chi connectivity index (χ0) is 24.4. The summed E-state index contributed by atoms with van der Waals surface area (Å²) in [4.78, 5) is 54.2. The highest BCUT2D eigenvalue weighted by Gasteiger charge is 2.65. The molecule has 2 unspecified atom stereocenters. The molecule has 1 aromatic carbocycles. The van der Waals surface area contributed by atoms with E-state index in [1.165, 1.54) is 31.2 Å². The van der Waals surface area contributed by atoms with Crippen molar-refractivity contribution in [2.75, 3.05) is 13.2 Å². The molecule has 1 aliphatic heterocycles. The third kappa shape index (κ3) is 4.77. The molecule has 2 fully saturated rings. The van der Waals surface area contributed by atoms with Crippen LogP contribution in [0.2, 0.25) is 0 Å². The van der Waals surface area contributed by atoms with Gasteiger partial charge in [0.05, 0.1) is 11.0 Å². The molecule has 2 atom stereocenters. The van der Waals surface area contributed by atoms with Gasteiger partial charge in [0, 0.05) is 11.5 Å². The maximum absolute atomic E-state index is 12.9. The van der Waals surface area contributed by atoms with Crippen molar-refractivity contribution in [2.24, 2.45) is 16.7 Å². The maximum Gasteiger partial charge on any atom is 0.338 e. The number of amides is 2. The number of rotatable bonds is 9. The molecule has 1 saturated heterocycles. The van der Waals surface area contributed by atoms with Gasteiger partial charge in [-0.2, -0.15) is 4.31 Å². The first-order chi connectivity index (χ1) is 15.5. The van der Waals surface area contributed by atoms with Crippen LogP contribution in [0.4, 0.5) is 0 Å². The van der Waals surface area contributed by atoms with Crippen LogP contribution >= 0.6 is 12.2 Å². The summed E-state index contributed by atoms with van der Waals surface area (Å²) in [5, 5.41) is 0. The minimum atomic E-state index is -0.632. The fourth-order valence-electron chi connectivity index (χ4n) is 4.06. The molecule has 0 radical (unpaired) electrons. The second kappa shape index (κ2) is 9.56. The molecule has 1 aromatic rings. The summed E-state index contributed by atoms with van der Waals surface area (Å²) in [5.41, 5.74) is -0.520. The summed E-state index contributed by atoms with van der Waals surface area (Å²) in [7, 11) is 0. The molecule has 0 aromatic heterocycles. The topological polar surface area (TPSA) is 108 Å². The van der Waals surface area contributed by atoms with Crippen molar-refractivity contribution in [3.05, 3.63) is 42.0 Å². The van der Waals surface area contributed by atoms with Crippen LogP contribution in [0.15, 0.2) is 36.4 Å². The van der Waals surface area contributed by atoms with Crippen molar-refractivity contribution in [1.29, 1.82) is 0 Å². The van der Waals surface area contributed by atoms with Crippen LogP contribution in [0.5, 0.6) is 5.75 Å². The SMILES string of the molecule is C=C(C)C(=O)OCCOC(=O)c1ccc(OOSN2C(=O)C3CCC(C)(C2=O)C3(C)C)cc1. The first-order valence-corrected chi connectivity index (χ1v) is 11.2. The van der Waals surface area contributed by atoms with Gasteiger partial charge in [-0.25, -0.2) is 9.59 Å². The number of hydrogen-bond donors (Lipinski definition) is 0. The van der Waals surface area contributed by atoms with E-state index in [9.17, 15) is 19.2 Å². The molecular weight excluding hydrogens is 450 g/mol. The molecule has 178 valence electrons. The van der Waals surface area contributed by atoms with E-state index in [-0.39, 0.29) is 47.8 Å². The van der Waals surface area contributed by atoms with Gasteiger partial charge in [-0.3, -0.25) is 9.59 Å². The minimum Gasteiger partial charge on any atom is -0.459 e. The lowest BCUT2D eigenvalue weighted by molar-refractivity contribution is -0.162. The van der Waals surface area contributed by atoms with E-state index in [1.54, 1.807) is 0 Å². The molecule has 0 spiro atoms. The van der Waals surface area contributed by atoms with Crippen LogP contribution in [0, 0.1) is 16.7 Å². The normalized spacial score (nSPS) is 23.3. The molecule has 1 saturated carbocycles. The van der Waals surface area contributed by atoms with Crippen molar-refractivity contribution in [2.45, 2.75) is 40.5 Å². The molecular formula is C23H27NO8S. The highest BCUT2D eigenvalue weighted by Crippen LogP contribution is 2.60. The summed E-state index contributed by atoms with van der Waals surface area (Å²) < 4.78 is 16.0. The molecule has 0 N–H and O–H groups in total. The Bertz CT molecular complexity index is 973. The van der Waals surface area contributed by atoms with Gasteiger partial charge in [0.1, 0.15) is 13.2 Å². The third-order valence-electron chi connectivity index (χ3n) is 6.60. The van der Waals surface area contributed by atoms with E-state index >= 15 is 0 Å². The number of benzene rings is 1. The van der Waals surface area contributed by atoms with Gasteiger partial charge in [0.2, 0.25) is 11.8 Å². The Labute approximate surface area is 196 Å². The van der Waals surface area contributed by atoms with Crippen LogP contribution in [0.1, 0.15) is 50.9 Å². The number of carbonyl (C=O) groups is 4. The van der Waals surface area contributed by atoms with Crippen molar-refractivity contribution in [1.82, 2.24) is 4.31 Å². The van der Waals surface area contributed by atoms with Crippen LogP contribution in [-0.4, -0.2) is 41.3 Å². The van der Waals surface area contributed by atoms with Gasteiger partial charge in [-0.1, -0.05) is 31.7 Å². The van der Waals surface area contributed by atoms with Gasteiger partial charge in [-0.05, 0) is 49.4 Å². The third-order valence-corrected chi connectivity index (χ3v) is 7.23. The quantitative estimate of drug-likeness (QED) is 0.0769. The van der Waals surface area contributed by atoms with Crippen LogP contribution in [-0.2, 0) is 28.2 Å². The number of ether oxygens (including phenoxy) is 2. The highest BCUT2D eigenvalue weighted by atomic mass is 32.2. The summed E-state index contributed by atoms with van der Waals surface area (Å²) in [5.74, 6) is -1.69. The number of piperidine rings is 1. The van der Waals surface area contributed by atoms with Gasteiger partial charge < -0.3 is 14.4 Å². The van der Waals surface area contributed by atoms with Crippen molar-refractivity contribution in [3.63, 3.8) is 0 Å². The molecule has 3 rings (SSSR count). The fourth-order valence-corrected chi connectivity index (χ4v) is 4.70. The number of fused-ring (bicyclic) bond motifs is 2. The summed E-state index contributed by atoms with van der Waals surface area (Å²) in [6.07, 6.45) is 1.32. The van der Waals surface area contributed by atoms with E-state index in [1.807, 2.05) is 20.8 Å². The lowest BCUT2D eigenvalue weighted by atomic mass is 9.63. The zero-order valence-corrected chi connectivity index (χ0v) is 19.9. The smallest absolute Gasteiger partial charge is 0.338 e. The Morgan fingerprint density at radius 2 is 1.76 bits per heavy atom. The molecule has 9 nitrogen and oxygen atoms in total. The fraction of sp³-hybridized carbons (Fsp3) is 0.478. The van der Waals surface area contributed by atoms with E-state index in [4.69, 9.17) is 18.7 Å². The Morgan fingerprint density at radius 1 is 1.12 bits per heavy atom. The standard InChI is InChI=1S/C23H27NO8S/c1-14(2)19(26)29-12-13-30-20(27)15-6-8-16(9-7-15)31-32-33-24-18(25)17-10-11-23(5,21(24)28)22(17,3)4/h6-9,17H,1,10-13H2,2-5H3. The highest BCUT2D eigenvalue weighted by molar-refractivity contribution is 7.93. The van der Waals surface area contributed by atoms with Crippen molar-refractivity contribution < 1.29 is 37.9 Å². The molecule has 33 heavy (non-hydrogen) atoms. The number of hydrogen-bond acceptors (Lipinski definition) is 9. The first-order valence-electron chi connectivity index (χ1n) is 10.5. The number of imide groups is 1. The largest absolute Gasteiger partial charge is 0.459 e. The van der Waals surface area contributed by atoms with Crippen LogP contribution < -0.4 is 4.89 Å². The second-order valence-electron chi connectivity index (χ2n) is 8.89. The lowest BCUT2D eigenvalue weighted by Crippen LogP contribution is -2.56. The number of esters is 2. The maximum atomic E-state index is 12.9. The molecule has 2 bridgehead atoms. The minimum absolute atomic E-state index is 0.0747. The Kier molecular flexibility index (Phi) is 7.18. The Hall–Kier alpha value is -2.85. The monoisotopic (exact) mass is 477 g/mol. The van der Waals surface area contributed by atoms with E-state index in [2.05, 4.69) is 6.58 Å². The van der Waals surface area contributed by atoms with Gasteiger partial charge in [0.25, 0.3) is 0 Å². The molecule has 1 heterocycles. The second-order valence-corrected chi connectivity index (χ2v) is 9.54. The predicted octanol–water partition coefficient (Wildman–Crippen LogP) is 3.65. The van der Waals surface area contributed by atoms with Crippen molar-refractivity contribution in [3.8, 4) is 5.75 Å². The van der Waals surface area contributed by atoms with Gasteiger partial charge >= 0.3 is 11.9 Å². The van der Waals surface area contributed by atoms with Crippen LogP contribution in [0.25, 0.3) is 0 Å². The van der Waals surface area contributed by atoms with Crippen LogP contribution in [0.3, 0.4) is 0 Å². The predicted molar refractivity (Wildman–Crippen MR) is 118 cm³/mol. The number of nitrogens with zero attached hydrogens (tertiary/aromatic N) is 1. The van der Waals surface area contributed by atoms with E-state index < -0.39 is 22.8 Å². The van der Waals surface area contributed by atoms with E-state index in [0.717, 1.165) is 4.31 Å². The number of carbonyl (C=O) groups excluding carboxylic acids is 4. The van der Waals surface area contributed by atoms with Gasteiger partial charge in [0.15, 0.2) is 18.0 Å². The molecule has 1 aliphatic carbocycles. The Balaban J connectivity index is 1.47. The Morgan fingerprint density at radius 3 is 2.39 bits per heavy atom. The summed E-state index contributed by atoms with van der Waals surface area (Å²) in [6.45, 7) is 10.6. The average Bonchev–Trinajstić information content (AvgIpc) is 2.96. The van der Waals surface area contributed by atoms with E-state index in [0.29, 0.717) is 25.1 Å². The average molecular weight is 478 g/mol. The lowest BCUT2D eigenvalue weighted by Gasteiger charge is -2.46. The van der Waals surface area contributed by atoms with Gasteiger partial charge in [-0.15, -0.1) is 0 Å². The summed E-state index contributed by atoms with van der Waals surface area (Å²) >= 11 is 0.556. The molecule has 10 heteroatoms. The summed E-state index contributed by atoms with van der Waals surface area (Å²) in [6, 6.07) is 5.89. The van der Waals surface area contributed by atoms with Crippen molar-refractivity contribution >= 4 is 36.0 Å².